The van der Waals surface area contributed by atoms with Gasteiger partial charge in [-0.25, -0.2) is 0 Å². The molecule has 1 atom stereocenters. The van der Waals surface area contributed by atoms with Crippen molar-refractivity contribution < 1.29 is 4.74 Å². The van der Waals surface area contributed by atoms with Crippen LogP contribution in [0.15, 0.2) is 30.3 Å². The Bertz CT molecular complexity index is 658. The molecule has 0 fully saturated rings. The predicted molar refractivity (Wildman–Crippen MR) is 80.1 cm³/mol. The second kappa shape index (κ2) is 5.89. The van der Waals surface area contributed by atoms with Crippen LogP contribution in [0, 0.1) is 11.3 Å². The van der Waals surface area contributed by atoms with Gasteiger partial charge in [-0.2, -0.15) is 5.26 Å². The Morgan fingerprint density at radius 2 is 2.20 bits per heavy atom. The van der Waals surface area contributed by atoms with Gasteiger partial charge >= 0.3 is 0 Å². The van der Waals surface area contributed by atoms with Gasteiger partial charge in [-0.15, -0.1) is 0 Å². The van der Waals surface area contributed by atoms with Crippen LogP contribution in [0.25, 0.3) is 0 Å². The molecule has 0 aliphatic carbocycles. The van der Waals surface area contributed by atoms with E-state index in [1.165, 1.54) is 0 Å². The van der Waals surface area contributed by atoms with Gasteiger partial charge in [0.1, 0.15) is 17.5 Å². The number of nitrogens with zero attached hydrogens (tertiary/aromatic N) is 2. The fraction of sp³-hybridized carbons (Fsp3) is 0.267. The molecule has 2 aromatic rings. The lowest BCUT2D eigenvalue weighted by Crippen LogP contribution is -2.08. The SMILES string of the molecule is CC[C@H](C)n1c(C#N)cc(N)c1Oc1cccc(Cl)c1. The van der Waals surface area contributed by atoms with Gasteiger partial charge < -0.3 is 10.5 Å². The monoisotopic (exact) mass is 289 g/mol. The summed E-state index contributed by atoms with van der Waals surface area (Å²) >= 11 is 5.94. The van der Waals surface area contributed by atoms with E-state index in [0.29, 0.717) is 28.0 Å². The van der Waals surface area contributed by atoms with Crippen molar-refractivity contribution in [1.29, 1.82) is 5.26 Å². The van der Waals surface area contributed by atoms with Gasteiger partial charge in [0.05, 0.1) is 5.69 Å². The van der Waals surface area contributed by atoms with Crippen molar-refractivity contribution in [3.05, 3.63) is 41.0 Å². The predicted octanol–water partition coefficient (Wildman–Crippen LogP) is 4.36. The molecule has 0 aliphatic heterocycles. The average molecular weight is 290 g/mol. The zero-order valence-corrected chi connectivity index (χ0v) is 12.2. The summed E-state index contributed by atoms with van der Waals surface area (Å²) in [5, 5.41) is 9.79. The number of nitrogens with two attached hydrogens (primary N) is 1. The van der Waals surface area contributed by atoms with Crippen LogP contribution in [-0.4, -0.2) is 4.57 Å². The van der Waals surface area contributed by atoms with Crippen LogP contribution in [0.4, 0.5) is 5.69 Å². The third-order valence-electron chi connectivity index (χ3n) is 3.17. The second-order valence-electron chi connectivity index (χ2n) is 4.59. The van der Waals surface area contributed by atoms with E-state index in [0.717, 1.165) is 6.42 Å². The van der Waals surface area contributed by atoms with Crippen molar-refractivity contribution >= 4 is 17.3 Å². The molecule has 0 amide bonds. The molecule has 4 nitrogen and oxygen atoms in total. The van der Waals surface area contributed by atoms with E-state index in [9.17, 15) is 5.26 Å². The molecule has 0 unspecified atom stereocenters. The molecule has 0 saturated carbocycles. The quantitative estimate of drug-likeness (QED) is 0.909. The van der Waals surface area contributed by atoms with Gasteiger partial charge in [-0.3, -0.25) is 4.57 Å². The summed E-state index contributed by atoms with van der Waals surface area (Å²) < 4.78 is 7.64. The molecule has 0 saturated heterocycles. The molecule has 2 N–H and O–H groups in total. The van der Waals surface area contributed by atoms with Gasteiger partial charge in [0.25, 0.3) is 0 Å². The molecule has 0 radical (unpaired) electrons. The van der Waals surface area contributed by atoms with Gasteiger partial charge in [-0.05, 0) is 31.5 Å². The van der Waals surface area contributed by atoms with Gasteiger partial charge in [0, 0.05) is 17.1 Å². The molecule has 0 bridgehead atoms. The second-order valence-corrected chi connectivity index (χ2v) is 5.03. The van der Waals surface area contributed by atoms with E-state index in [1.807, 2.05) is 18.4 Å². The molecule has 2 rings (SSSR count). The van der Waals surface area contributed by atoms with Gasteiger partial charge in [0.15, 0.2) is 0 Å². The summed E-state index contributed by atoms with van der Waals surface area (Å²) in [4.78, 5) is 0. The molecule has 1 aromatic heterocycles. The van der Waals surface area contributed by atoms with Gasteiger partial charge in [0.2, 0.25) is 5.88 Å². The van der Waals surface area contributed by atoms with Crippen LogP contribution in [-0.2, 0) is 0 Å². The van der Waals surface area contributed by atoms with Crippen molar-refractivity contribution in [3.63, 3.8) is 0 Å². The summed E-state index contributed by atoms with van der Waals surface area (Å²) in [6.45, 7) is 4.07. The van der Waals surface area contributed by atoms with E-state index in [-0.39, 0.29) is 6.04 Å². The zero-order valence-electron chi connectivity index (χ0n) is 11.4. The van der Waals surface area contributed by atoms with Crippen molar-refractivity contribution in [2.75, 3.05) is 5.73 Å². The Balaban J connectivity index is 2.46. The molecular formula is C15H16ClN3O. The maximum Gasteiger partial charge on any atom is 0.224 e. The summed E-state index contributed by atoms with van der Waals surface area (Å²) in [5.74, 6) is 1.08. The summed E-state index contributed by atoms with van der Waals surface area (Å²) in [7, 11) is 0. The van der Waals surface area contributed by atoms with Crippen LogP contribution in [0.3, 0.4) is 0 Å². The first-order valence-corrected chi connectivity index (χ1v) is 6.78. The Kier molecular flexibility index (Phi) is 4.21. The normalized spacial score (nSPS) is 11.9. The smallest absolute Gasteiger partial charge is 0.224 e. The third-order valence-corrected chi connectivity index (χ3v) is 3.41. The van der Waals surface area contributed by atoms with Crippen molar-refractivity contribution in [3.8, 4) is 17.7 Å². The Morgan fingerprint density at radius 1 is 1.45 bits per heavy atom. The first-order valence-electron chi connectivity index (χ1n) is 6.41. The summed E-state index contributed by atoms with van der Waals surface area (Å²) in [5.41, 5.74) is 6.91. The number of hydrogen-bond donors (Lipinski definition) is 1. The maximum atomic E-state index is 9.21. The number of ether oxygens (including phenoxy) is 1. The Hall–Kier alpha value is -2.12. The number of benzene rings is 1. The van der Waals surface area contributed by atoms with Crippen LogP contribution in [0.1, 0.15) is 32.0 Å². The minimum absolute atomic E-state index is 0.121. The Labute approximate surface area is 123 Å². The molecule has 0 spiro atoms. The number of rotatable bonds is 4. The molecule has 1 heterocycles. The highest BCUT2D eigenvalue weighted by Gasteiger charge is 2.19. The highest BCUT2D eigenvalue weighted by atomic mass is 35.5. The molecule has 5 heteroatoms. The Morgan fingerprint density at radius 3 is 2.80 bits per heavy atom. The summed E-state index contributed by atoms with van der Waals surface area (Å²) in [6.07, 6.45) is 0.870. The van der Waals surface area contributed by atoms with E-state index in [4.69, 9.17) is 22.1 Å². The minimum Gasteiger partial charge on any atom is -0.439 e. The molecular weight excluding hydrogens is 274 g/mol. The minimum atomic E-state index is 0.121. The topological polar surface area (TPSA) is 64.0 Å². The number of hydrogen-bond acceptors (Lipinski definition) is 3. The highest BCUT2D eigenvalue weighted by Crippen LogP contribution is 2.35. The van der Waals surface area contributed by atoms with Crippen LogP contribution in [0.5, 0.6) is 11.6 Å². The van der Waals surface area contributed by atoms with Crippen molar-refractivity contribution in [1.82, 2.24) is 4.57 Å². The van der Waals surface area contributed by atoms with E-state index in [2.05, 4.69) is 6.07 Å². The average Bonchev–Trinajstić information content (AvgIpc) is 2.74. The van der Waals surface area contributed by atoms with Crippen LogP contribution >= 0.6 is 11.6 Å². The fourth-order valence-corrected chi connectivity index (χ4v) is 2.16. The zero-order chi connectivity index (χ0) is 14.7. The summed E-state index contributed by atoms with van der Waals surface area (Å²) in [6, 6.07) is 11.0. The molecule has 20 heavy (non-hydrogen) atoms. The number of nitrogen functional groups attached to an aromatic ring is 1. The van der Waals surface area contributed by atoms with E-state index >= 15 is 0 Å². The van der Waals surface area contributed by atoms with Crippen molar-refractivity contribution in [2.24, 2.45) is 0 Å². The number of aromatic nitrogens is 1. The lowest BCUT2D eigenvalue weighted by molar-refractivity contribution is 0.398. The number of halogens is 1. The van der Waals surface area contributed by atoms with Crippen molar-refractivity contribution in [2.45, 2.75) is 26.3 Å². The number of anilines is 1. The van der Waals surface area contributed by atoms with Gasteiger partial charge in [-0.1, -0.05) is 24.6 Å². The third kappa shape index (κ3) is 2.73. The standard InChI is InChI=1S/C15H16ClN3O/c1-3-10(2)19-12(9-17)8-14(18)15(19)20-13-6-4-5-11(16)7-13/h4-8,10H,3,18H2,1-2H3/t10-/m0/s1. The largest absolute Gasteiger partial charge is 0.439 e. The first kappa shape index (κ1) is 14.3. The van der Waals surface area contributed by atoms with E-state index < -0.39 is 0 Å². The molecule has 1 aromatic carbocycles. The molecule has 104 valence electrons. The highest BCUT2D eigenvalue weighted by molar-refractivity contribution is 6.30. The first-order chi connectivity index (χ1) is 9.56. The van der Waals surface area contributed by atoms with Crippen LogP contribution in [0.2, 0.25) is 5.02 Å². The molecule has 0 aliphatic rings. The van der Waals surface area contributed by atoms with Crippen LogP contribution < -0.4 is 10.5 Å². The number of nitriles is 1. The lowest BCUT2D eigenvalue weighted by Gasteiger charge is -2.17. The fourth-order valence-electron chi connectivity index (χ4n) is 1.98. The maximum absolute atomic E-state index is 9.21. The lowest BCUT2D eigenvalue weighted by atomic mass is 10.2. The van der Waals surface area contributed by atoms with E-state index in [1.54, 1.807) is 30.3 Å².